The molecule has 1 N–H and O–H groups in total. The number of aromatic nitrogens is 3. The maximum absolute atomic E-state index is 12.2. The average Bonchev–Trinajstić information content (AvgIpc) is 3.20. The third kappa shape index (κ3) is 4.07. The van der Waals surface area contributed by atoms with Gasteiger partial charge in [-0.3, -0.25) is 4.79 Å². The van der Waals surface area contributed by atoms with Crippen molar-refractivity contribution in [2.45, 2.75) is 26.0 Å². The fourth-order valence-corrected chi connectivity index (χ4v) is 2.42. The smallest absolute Gasteiger partial charge is 0.251 e. The lowest BCUT2D eigenvalue weighted by Gasteiger charge is -2.12. The summed E-state index contributed by atoms with van der Waals surface area (Å²) < 4.78 is 13.0. The molecule has 3 heterocycles. The van der Waals surface area contributed by atoms with E-state index in [2.05, 4.69) is 15.3 Å². The topological polar surface area (TPSA) is 78.3 Å². The Morgan fingerprint density at radius 2 is 2.39 bits per heavy atom. The van der Waals surface area contributed by atoms with Crippen molar-refractivity contribution in [3.05, 3.63) is 42.1 Å². The van der Waals surface area contributed by atoms with Gasteiger partial charge in [0.1, 0.15) is 11.9 Å². The van der Waals surface area contributed by atoms with Crippen LogP contribution in [0.5, 0.6) is 5.88 Å². The van der Waals surface area contributed by atoms with E-state index in [1.165, 1.54) is 0 Å². The summed E-state index contributed by atoms with van der Waals surface area (Å²) in [5.74, 6) is 1.24. The SMILES string of the molecule is Cc1nccn1CCNC(=O)c1ccnc(O[C@@H]2CCOC2)c1. The number of ether oxygens (including phenoxy) is 2. The molecule has 3 rings (SSSR count). The number of imidazole rings is 1. The molecular weight excluding hydrogens is 296 g/mol. The largest absolute Gasteiger partial charge is 0.472 e. The first kappa shape index (κ1) is 15.5. The molecule has 7 nitrogen and oxygen atoms in total. The second-order valence-electron chi connectivity index (χ2n) is 5.41. The molecule has 0 bridgehead atoms. The van der Waals surface area contributed by atoms with Gasteiger partial charge in [-0.2, -0.15) is 0 Å². The first-order valence-corrected chi connectivity index (χ1v) is 7.69. The van der Waals surface area contributed by atoms with Crippen LogP contribution in [-0.4, -0.2) is 46.3 Å². The number of hydrogen-bond donors (Lipinski definition) is 1. The van der Waals surface area contributed by atoms with Crippen molar-refractivity contribution in [1.29, 1.82) is 0 Å². The Labute approximate surface area is 134 Å². The summed E-state index contributed by atoms with van der Waals surface area (Å²) >= 11 is 0. The Kier molecular flexibility index (Phi) is 4.87. The van der Waals surface area contributed by atoms with Crippen molar-refractivity contribution < 1.29 is 14.3 Å². The van der Waals surface area contributed by atoms with Gasteiger partial charge >= 0.3 is 0 Å². The first-order chi connectivity index (χ1) is 11.2. The highest BCUT2D eigenvalue weighted by Gasteiger charge is 2.18. The second-order valence-corrected chi connectivity index (χ2v) is 5.41. The van der Waals surface area contributed by atoms with E-state index in [9.17, 15) is 4.79 Å². The van der Waals surface area contributed by atoms with Gasteiger partial charge in [-0.05, 0) is 13.0 Å². The van der Waals surface area contributed by atoms with E-state index in [1.54, 1.807) is 24.5 Å². The van der Waals surface area contributed by atoms with Crippen LogP contribution in [-0.2, 0) is 11.3 Å². The van der Waals surface area contributed by atoms with E-state index >= 15 is 0 Å². The molecule has 23 heavy (non-hydrogen) atoms. The van der Waals surface area contributed by atoms with Crippen LogP contribution in [0.1, 0.15) is 22.6 Å². The van der Waals surface area contributed by atoms with E-state index in [4.69, 9.17) is 9.47 Å². The molecule has 0 aliphatic carbocycles. The number of carbonyl (C=O) groups excluding carboxylic acids is 1. The predicted molar refractivity (Wildman–Crippen MR) is 83.4 cm³/mol. The third-order valence-electron chi connectivity index (χ3n) is 3.73. The number of hydrogen-bond acceptors (Lipinski definition) is 5. The Hall–Kier alpha value is -2.41. The second kappa shape index (κ2) is 7.23. The van der Waals surface area contributed by atoms with Gasteiger partial charge in [0.25, 0.3) is 5.91 Å². The lowest BCUT2D eigenvalue weighted by Crippen LogP contribution is -2.27. The Morgan fingerprint density at radius 3 is 3.13 bits per heavy atom. The van der Waals surface area contributed by atoms with Crippen molar-refractivity contribution in [1.82, 2.24) is 19.9 Å². The van der Waals surface area contributed by atoms with Crippen molar-refractivity contribution in [3.63, 3.8) is 0 Å². The number of pyridine rings is 1. The van der Waals surface area contributed by atoms with Crippen molar-refractivity contribution in [2.75, 3.05) is 19.8 Å². The summed E-state index contributed by atoms with van der Waals surface area (Å²) in [5, 5.41) is 2.89. The molecule has 1 aliphatic rings. The van der Waals surface area contributed by atoms with E-state index < -0.39 is 0 Å². The van der Waals surface area contributed by atoms with Crippen molar-refractivity contribution in [3.8, 4) is 5.88 Å². The van der Waals surface area contributed by atoms with Crippen LogP contribution in [0, 0.1) is 6.92 Å². The molecule has 1 saturated heterocycles. The standard InChI is InChI=1S/C16H20N4O3/c1-12-17-5-7-20(12)8-6-19-16(21)13-2-4-18-15(10-13)23-14-3-9-22-11-14/h2,4-5,7,10,14H,3,6,8-9,11H2,1H3,(H,19,21)/t14-/m1/s1. The summed E-state index contributed by atoms with van der Waals surface area (Å²) in [6.45, 7) is 4.43. The monoisotopic (exact) mass is 316 g/mol. The number of amides is 1. The van der Waals surface area contributed by atoms with Gasteiger partial charge in [-0.15, -0.1) is 0 Å². The average molecular weight is 316 g/mol. The van der Waals surface area contributed by atoms with Crippen LogP contribution in [0.25, 0.3) is 0 Å². The first-order valence-electron chi connectivity index (χ1n) is 7.69. The maximum atomic E-state index is 12.2. The lowest BCUT2D eigenvalue weighted by atomic mass is 10.2. The maximum Gasteiger partial charge on any atom is 0.251 e. The third-order valence-corrected chi connectivity index (χ3v) is 3.73. The minimum absolute atomic E-state index is 0.0185. The highest BCUT2D eigenvalue weighted by atomic mass is 16.5. The molecule has 2 aromatic rings. The summed E-state index contributed by atoms with van der Waals surface area (Å²) in [6.07, 6.45) is 6.09. The molecule has 0 aromatic carbocycles. The molecule has 1 amide bonds. The zero-order valence-corrected chi connectivity index (χ0v) is 13.1. The number of nitrogens with zero attached hydrogens (tertiary/aromatic N) is 3. The van der Waals surface area contributed by atoms with Gasteiger partial charge in [0.15, 0.2) is 0 Å². The molecule has 7 heteroatoms. The van der Waals surface area contributed by atoms with E-state index in [0.29, 0.717) is 37.7 Å². The highest BCUT2D eigenvalue weighted by molar-refractivity contribution is 5.94. The minimum atomic E-state index is -0.141. The van der Waals surface area contributed by atoms with E-state index in [-0.39, 0.29) is 12.0 Å². The van der Waals surface area contributed by atoms with Gasteiger partial charge < -0.3 is 19.4 Å². The molecule has 1 aliphatic heterocycles. The predicted octanol–water partition coefficient (Wildman–Crippen LogP) is 1.18. The Bertz CT molecular complexity index is 665. The van der Waals surface area contributed by atoms with Crippen LogP contribution >= 0.6 is 0 Å². The zero-order chi connectivity index (χ0) is 16.1. The number of aryl methyl sites for hydroxylation is 1. The minimum Gasteiger partial charge on any atom is -0.472 e. The lowest BCUT2D eigenvalue weighted by molar-refractivity contribution is 0.0950. The molecular formula is C16H20N4O3. The summed E-state index contributed by atoms with van der Waals surface area (Å²) in [7, 11) is 0. The molecule has 0 radical (unpaired) electrons. The molecule has 0 unspecified atom stereocenters. The molecule has 0 saturated carbocycles. The Balaban J connectivity index is 1.53. The highest BCUT2D eigenvalue weighted by Crippen LogP contribution is 2.15. The summed E-state index contributed by atoms with van der Waals surface area (Å²) in [4.78, 5) is 20.5. The molecule has 1 fully saturated rings. The number of rotatable bonds is 6. The molecule has 2 aromatic heterocycles. The van der Waals surface area contributed by atoms with Gasteiger partial charge in [0.2, 0.25) is 5.88 Å². The number of carbonyl (C=O) groups is 1. The van der Waals surface area contributed by atoms with Crippen molar-refractivity contribution >= 4 is 5.91 Å². The van der Waals surface area contributed by atoms with Crippen LogP contribution in [0.15, 0.2) is 30.7 Å². The van der Waals surface area contributed by atoms with Gasteiger partial charge in [0, 0.05) is 49.7 Å². The van der Waals surface area contributed by atoms with Crippen LogP contribution in [0.4, 0.5) is 0 Å². The molecule has 1 atom stereocenters. The summed E-state index contributed by atoms with van der Waals surface area (Å²) in [5.41, 5.74) is 0.538. The normalized spacial score (nSPS) is 17.2. The summed E-state index contributed by atoms with van der Waals surface area (Å²) in [6, 6.07) is 3.34. The van der Waals surface area contributed by atoms with E-state index in [0.717, 1.165) is 12.2 Å². The number of nitrogens with one attached hydrogen (secondary N) is 1. The van der Waals surface area contributed by atoms with Gasteiger partial charge in [-0.25, -0.2) is 9.97 Å². The van der Waals surface area contributed by atoms with Gasteiger partial charge in [0.05, 0.1) is 13.2 Å². The van der Waals surface area contributed by atoms with Crippen LogP contribution in [0.3, 0.4) is 0 Å². The van der Waals surface area contributed by atoms with Gasteiger partial charge in [-0.1, -0.05) is 0 Å². The zero-order valence-electron chi connectivity index (χ0n) is 13.1. The molecule has 0 spiro atoms. The van der Waals surface area contributed by atoms with Crippen molar-refractivity contribution in [2.24, 2.45) is 0 Å². The fourth-order valence-electron chi connectivity index (χ4n) is 2.42. The van der Waals surface area contributed by atoms with Crippen LogP contribution < -0.4 is 10.1 Å². The van der Waals surface area contributed by atoms with Crippen LogP contribution in [0.2, 0.25) is 0 Å². The van der Waals surface area contributed by atoms with E-state index in [1.807, 2.05) is 17.7 Å². The molecule has 122 valence electrons. The fraction of sp³-hybridized carbons (Fsp3) is 0.438. The Morgan fingerprint density at radius 1 is 1.48 bits per heavy atom. The quantitative estimate of drug-likeness (QED) is 0.866.